The zero-order valence-electron chi connectivity index (χ0n) is 17.9. The Morgan fingerprint density at radius 1 is 1.33 bits per heavy atom. The van der Waals surface area contributed by atoms with Gasteiger partial charge in [0.05, 0.1) is 42.5 Å². The van der Waals surface area contributed by atoms with Crippen molar-refractivity contribution in [2.75, 3.05) is 25.2 Å². The van der Waals surface area contributed by atoms with Crippen LogP contribution in [0.1, 0.15) is 48.9 Å². The molecule has 7 nitrogen and oxygen atoms in total. The third kappa shape index (κ3) is 3.35. The number of fused-ring (bicyclic) bond motifs is 1. The maximum Gasteiger partial charge on any atom is 0.247 e. The van der Waals surface area contributed by atoms with Gasteiger partial charge in [0.25, 0.3) is 0 Å². The van der Waals surface area contributed by atoms with Crippen LogP contribution in [0.5, 0.6) is 11.6 Å². The molecule has 0 spiro atoms. The van der Waals surface area contributed by atoms with Gasteiger partial charge in [-0.2, -0.15) is 5.26 Å². The Morgan fingerprint density at radius 3 is 2.63 bits per heavy atom. The first kappa shape index (κ1) is 21.2. The van der Waals surface area contributed by atoms with Gasteiger partial charge in [0.15, 0.2) is 0 Å². The number of nitrogens with zero attached hydrogens (tertiary/aromatic N) is 3. The molecule has 1 aliphatic heterocycles. The van der Waals surface area contributed by atoms with Gasteiger partial charge < -0.3 is 20.1 Å². The van der Waals surface area contributed by atoms with Crippen LogP contribution in [-0.4, -0.2) is 31.2 Å². The highest BCUT2D eigenvalue weighted by Gasteiger charge is 2.39. The summed E-state index contributed by atoms with van der Waals surface area (Å²) in [6.07, 6.45) is 1.78. The number of anilines is 1. The maximum absolute atomic E-state index is 12.7. The first-order chi connectivity index (χ1) is 14.4. The number of carbonyl (C=O) groups excluding carboxylic acids is 1. The molecule has 1 aliphatic rings. The molecular formula is C23H26N4O3. The molecule has 0 fully saturated rings. The zero-order valence-corrected chi connectivity index (χ0v) is 17.9. The van der Waals surface area contributed by atoms with Crippen molar-refractivity contribution in [2.24, 2.45) is 5.73 Å². The Balaban J connectivity index is 2.44. The van der Waals surface area contributed by atoms with E-state index < -0.39 is 11.8 Å². The number of amides is 1. The number of primary amides is 1. The molecule has 7 heteroatoms. The second kappa shape index (κ2) is 8.46. The standard InChI is InChI=1S/C23H26N4O3/c1-6-27-14(4)18(22(25)28)19(16-9-8-15(11-24)10-17(16)29-5)20-21(27)13(3)12-26-23(20)30-7-2/h8-10,12,19H,6-7H2,1-5H3,(H2,25,28). The zero-order chi connectivity index (χ0) is 22.0. The molecule has 1 unspecified atom stereocenters. The molecule has 1 amide bonds. The van der Waals surface area contributed by atoms with Crippen LogP contribution in [-0.2, 0) is 4.79 Å². The predicted octanol–water partition coefficient (Wildman–Crippen LogP) is 3.40. The van der Waals surface area contributed by atoms with Crippen LogP contribution in [0.3, 0.4) is 0 Å². The molecule has 2 N–H and O–H groups in total. The highest BCUT2D eigenvalue weighted by molar-refractivity contribution is 5.98. The van der Waals surface area contributed by atoms with E-state index in [1.807, 2.05) is 33.8 Å². The molecule has 2 aromatic rings. The van der Waals surface area contributed by atoms with Crippen molar-refractivity contribution in [3.63, 3.8) is 0 Å². The van der Waals surface area contributed by atoms with Crippen molar-refractivity contribution in [2.45, 2.75) is 33.6 Å². The summed E-state index contributed by atoms with van der Waals surface area (Å²) in [7, 11) is 1.54. The van der Waals surface area contributed by atoms with Gasteiger partial charge in [-0.05, 0) is 45.4 Å². The number of carbonyl (C=O) groups is 1. The van der Waals surface area contributed by atoms with Gasteiger partial charge in [-0.1, -0.05) is 6.07 Å². The molecule has 0 bridgehead atoms. The summed E-state index contributed by atoms with van der Waals surface area (Å²) in [6, 6.07) is 7.30. The molecule has 30 heavy (non-hydrogen) atoms. The Kier molecular flexibility index (Phi) is 5.97. The van der Waals surface area contributed by atoms with Gasteiger partial charge >= 0.3 is 0 Å². The van der Waals surface area contributed by atoms with E-state index in [1.165, 1.54) is 0 Å². The number of ether oxygens (including phenoxy) is 2. The minimum absolute atomic E-state index is 0.431. The fourth-order valence-corrected chi connectivity index (χ4v) is 4.18. The summed E-state index contributed by atoms with van der Waals surface area (Å²) in [4.78, 5) is 19.3. The van der Waals surface area contributed by atoms with Crippen molar-refractivity contribution < 1.29 is 14.3 Å². The maximum atomic E-state index is 12.7. The van der Waals surface area contributed by atoms with E-state index in [0.717, 1.165) is 28.1 Å². The normalized spacial score (nSPS) is 15.5. The number of pyridine rings is 1. The van der Waals surface area contributed by atoms with Gasteiger partial charge in [0.2, 0.25) is 11.8 Å². The summed E-state index contributed by atoms with van der Waals surface area (Å²) in [5.41, 5.74) is 11.0. The van der Waals surface area contributed by atoms with Crippen molar-refractivity contribution >= 4 is 11.6 Å². The van der Waals surface area contributed by atoms with Gasteiger partial charge in [0.1, 0.15) is 5.75 Å². The van der Waals surface area contributed by atoms with Crippen molar-refractivity contribution in [3.8, 4) is 17.7 Å². The van der Waals surface area contributed by atoms with Gasteiger partial charge in [0, 0.05) is 29.6 Å². The van der Waals surface area contributed by atoms with Crippen molar-refractivity contribution in [1.29, 1.82) is 5.26 Å². The summed E-state index contributed by atoms with van der Waals surface area (Å²) in [6.45, 7) is 8.88. The van der Waals surface area contributed by atoms with E-state index in [9.17, 15) is 10.1 Å². The van der Waals surface area contributed by atoms with Crippen LogP contribution in [0.25, 0.3) is 0 Å². The van der Waals surface area contributed by atoms with E-state index in [2.05, 4.69) is 16.0 Å². The Hall–Kier alpha value is -3.53. The molecule has 3 rings (SSSR count). The number of nitrogens with two attached hydrogens (primary N) is 1. The first-order valence-corrected chi connectivity index (χ1v) is 9.87. The van der Waals surface area contributed by atoms with Crippen LogP contribution < -0.4 is 20.1 Å². The molecule has 0 aliphatic carbocycles. The molecule has 1 aromatic carbocycles. The van der Waals surface area contributed by atoms with Crippen molar-refractivity contribution in [1.82, 2.24) is 4.98 Å². The third-order valence-electron chi connectivity index (χ3n) is 5.41. The smallest absolute Gasteiger partial charge is 0.247 e. The molecule has 0 saturated heterocycles. The number of nitriles is 1. The summed E-state index contributed by atoms with van der Waals surface area (Å²) >= 11 is 0. The summed E-state index contributed by atoms with van der Waals surface area (Å²) in [5, 5.41) is 9.29. The van der Waals surface area contributed by atoms with E-state index in [1.54, 1.807) is 25.4 Å². The summed E-state index contributed by atoms with van der Waals surface area (Å²) in [5.74, 6) is -0.0847. The van der Waals surface area contributed by atoms with Crippen LogP contribution in [0, 0.1) is 18.3 Å². The van der Waals surface area contributed by atoms with E-state index >= 15 is 0 Å². The minimum atomic E-state index is -0.531. The second-order valence-electron chi connectivity index (χ2n) is 7.05. The Morgan fingerprint density at radius 2 is 2.07 bits per heavy atom. The van der Waals surface area contributed by atoms with E-state index in [-0.39, 0.29) is 0 Å². The fourth-order valence-electron chi connectivity index (χ4n) is 4.18. The number of methoxy groups -OCH3 is 1. The number of allylic oxidation sites excluding steroid dienone is 1. The SMILES string of the molecule is CCOc1ncc(C)c2c1C(c1ccc(C#N)cc1OC)C(C(N)=O)=C(C)N2CC. The van der Waals surface area contributed by atoms with Crippen LogP contribution in [0.15, 0.2) is 35.7 Å². The number of aromatic nitrogens is 1. The van der Waals surface area contributed by atoms with E-state index in [0.29, 0.717) is 35.9 Å². The summed E-state index contributed by atoms with van der Waals surface area (Å²) < 4.78 is 11.5. The lowest BCUT2D eigenvalue weighted by molar-refractivity contribution is -0.114. The molecule has 1 aromatic heterocycles. The van der Waals surface area contributed by atoms with Gasteiger partial charge in [-0.25, -0.2) is 4.98 Å². The average Bonchev–Trinajstić information content (AvgIpc) is 2.74. The predicted molar refractivity (Wildman–Crippen MR) is 115 cm³/mol. The largest absolute Gasteiger partial charge is 0.496 e. The number of hydrogen-bond acceptors (Lipinski definition) is 6. The lowest BCUT2D eigenvalue weighted by Gasteiger charge is -2.39. The molecule has 0 radical (unpaired) electrons. The average molecular weight is 406 g/mol. The topological polar surface area (TPSA) is 101 Å². The van der Waals surface area contributed by atoms with Gasteiger partial charge in [-0.3, -0.25) is 4.79 Å². The molecule has 156 valence electrons. The third-order valence-corrected chi connectivity index (χ3v) is 5.41. The lowest BCUT2D eigenvalue weighted by Crippen LogP contribution is -2.35. The molecule has 1 atom stereocenters. The number of benzene rings is 1. The van der Waals surface area contributed by atoms with Crippen LogP contribution >= 0.6 is 0 Å². The highest BCUT2D eigenvalue weighted by Crippen LogP contribution is 2.51. The second-order valence-corrected chi connectivity index (χ2v) is 7.05. The minimum Gasteiger partial charge on any atom is -0.496 e. The van der Waals surface area contributed by atoms with Crippen LogP contribution in [0.2, 0.25) is 0 Å². The monoisotopic (exact) mass is 406 g/mol. The Bertz CT molecular complexity index is 1070. The van der Waals surface area contributed by atoms with E-state index in [4.69, 9.17) is 15.2 Å². The number of aryl methyl sites for hydroxylation is 1. The number of hydrogen-bond donors (Lipinski definition) is 1. The number of rotatable bonds is 6. The fraction of sp³-hybridized carbons (Fsp3) is 0.348. The highest BCUT2D eigenvalue weighted by atomic mass is 16.5. The quantitative estimate of drug-likeness (QED) is 0.789. The Labute approximate surface area is 176 Å². The molecule has 0 saturated carbocycles. The van der Waals surface area contributed by atoms with Gasteiger partial charge in [-0.15, -0.1) is 0 Å². The van der Waals surface area contributed by atoms with Crippen LogP contribution in [0.4, 0.5) is 5.69 Å². The molecular weight excluding hydrogens is 380 g/mol. The lowest BCUT2D eigenvalue weighted by atomic mass is 9.78. The molecule has 2 heterocycles. The van der Waals surface area contributed by atoms with Crippen molar-refractivity contribution in [3.05, 3.63) is 57.9 Å². The first-order valence-electron chi connectivity index (χ1n) is 9.87.